The second kappa shape index (κ2) is 9.26. The summed E-state index contributed by atoms with van der Waals surface area (Å²) in [5.74, 6) is 0.717. The number of anilines is 1. The van der Waals surface area contributed by atoms with Crippen molar-refractivity contribution >= 4 is 5.69 Å². The van der Waals surface area contributed by atoms with Crippen LogP contribution in [0.1, 0.15) is 30.9 Å². The first-order valence-electron chi connectivity index (χ1n) is 9.37. The van der Waals surface area contributed by atoms with E-state index < -0.39 is 0 Å². The molecule has 0 radical (unpaired) electrons. The average molecular weight is 349 g/mol. The molecule has 3 rings (SSSR count). The number of benzene rings is 2. The zero-order valence-electron chi connectivity index (χ0n) is 15.4. The standard InChI is InChI=1S/C22H27N3O/c1-26-21-12-10-20(11-13-21)24-22(18-8-4-2-5-9-18)19(16-23)17-25-14-6-3-7-15-25/h2,4-5,8-13,19,22,24H,3,6-7,14-15,17H2,1H3/t19-,22-/m1/s1. The van der Waals surface area contributed by atoms with Gasteiger partial charge < -0.3 is 15.0 Å². The van der Waals surface area contributed by atoms with Crippen molar-refractivity contribution in [3.8, 4) is 11.8 Å². The van der Waals surface area contributed by atoms with Crippen molar-refractivity contribution in [3.05, 3.63) is 60.2 Å². The van der Waals surface area contributed by atoms with Gasteiger partial charge in [0.1, 0.15) is 5.75 Å². The van der Waals surface area contributed by atoms with Crippen molar-refractivity contribution < 1.29 is 4.74 Å². The topological polar surface area (TPSA) is 48.3 Å². The zero-order valence-corrected chi connectivity index (χ0v) is 15.4. The summed E-state index contributed by atoms with van der Waals surface area (Å²) >= 11 is 0. The van der Waals surface area contributed by atoms with Crippen LogP contribution in [0.4, 0.5) is 5.69 Å². The molecule has 0 saturated carbocycles. The van der Waals surface area contributed by atoms with Gasteiger partial charge in [0.05, 0.1) is 25.1 Å². The van der Waals surface area contributed by atoms with Crippen LogP contribution in [-0.4, -0.2) is 31.6 Å². The molecule has 26 heavy (non-hydrogen) atoms. The third kappa shape index (κ3) is 4.77. The number of rotatable bonds is 7. The number of ether oxygens (including phenoxy) is 1. The maximum absolute atomic E-state index is 9.91. The van der Waals surface area contributed by atoms with Gasteiger partial charge in [-0.3, -0.25) is 0 Å². The molecule has 0 aliphatic carbocycles. The van der Waals surface area contributed by atoms with Crippen LogP contribution in [0.25, 0.3) is 0 Å². The average Bonchev–Trinajstić information content (AvgIpc) is 2.72. The van der Waals surface area contributed by atoms with E-state index >= 15 is 0 Å². The Bertz CT molecular complexity index is 702. The molecule has 1 heterocycles. The predicted molar refractivity (Wildman–Crippen MR) is 105 cm³/mol. The van der Waals surface area contributed by atoms with Crippen LogP contribution in [-0.2, 0) is 0 Å². The van der Waals surface area contributed by atoms with E-state index in [0.717, 1.165) is 36.6 Å². The third-order valence-electron chi connectivity index (χ3n) is 5.04. The molecule has 0 aromatic heterocycles. The van der Waals surface area contributed by atoms with Gasteiger partial charge in [0.2, 0.25) is 0 Å². The lowest BCUT2D eigenvalue weighted by atomic mass is 9.92. The number of likely N-dealkylation sites (tertiary alicyclic amines) is 1. The van der Waals surface area contributed by atoms with Crippen LogP contribution in [0.2, 0.25) is 0 Å². The fraction of sp³-hybridized carbons (Fsp3) is 0.409. The summed E-state index contributed by atoms with van der Waals surface area (Å²) in [7, 11) is 1.67. The van der Waals surface area contributed by atoms with E-state index in [1.807, 2.05) is 42.5 Å². The Balaban J connectivity index is 1.80. The van der Waals surface area contributed by atoms with E-state index in [1.54, 1.807) is 7.11 Å². The van der Waals surface area contributed by atoms with Gasteiger partial charge in [-0.25, -0.2) is 0 Å². The second-order valence-corrected chi connectivity index (χ2v) is 6.86. The molecule has 4 heteroatoms. The summed E-state index contributed by atoms with van der Waals surface area (Å²) in [5.41, 5.74) is 2.14. The predicted octanol–water partition coefficient (Wildman–Crippen LogP) is 4.47. The maximum Gasteiger partial charge on any atom is 0.119 e. The minimum Gasteiger partial charge on any atom is -0.497 e. The van der Waals surface area contributed by atoms with Crippen molar-refractivity contribution in [2.45, 2.75) is 25.3 Å². The summed E-state index contributed by atoms with van der Waals surface area (Å²) in [6, 6.07) is 20.7. The molecule has 0 bridgehead atoms. The smallest absolute Gasteiger partial charge is 0.119 e. The largest absolute Gasteiger partial charge is 0.497 e. The van der Waals surface area contributed by atoms with E-state index in [2.05, 4.69) is 28.4 Å². The Hall–Kier alpha value is -2.51. The molecule has 1 aliphatic heterocycles. The van der Waals surface area contributed by atoms with E-state index in [0.29, 0.717) is 0 Å². The Labute approximate surface area is 156 Å². The van der Waals surface area contributed by atoms with Crippen LogP contribution >= 0.6 is 0 Å². The van der Waals surface area contributed by atoms with Crippen molar-refractivity contribution in [3.63, 3.8) is 0 Å². The number of nitrogens with one attached hydrogen (secondary N) is 1. The monoisotopic (exact) mass is 349 g/mol. The SMILES string of the molecule is COc1ccc(N[C@H](c2ccccc2)[C@H](C#N)CN2CCCCC2)cc1. The van der Waals surface area contributed by atoms with Gasteiger partial charge >= 0.3 is 0 Å². The summed E-state index contributed by atoms with van der Waals surface area (Å²) in [4.78, 5) is 2.43. The minimum absolute atomic E-state index is 0.0449. The highest BCUT2D eigenvalue weighted by atomic mass is 16.5. The van der Waals surface area contributed by atoms with Crippen molar-refractivity contribution in [1.82, 2.24) is 4.90 Å². The first-order valence-corrected chi connectivity index (χ1v) is 9.37. The second-order valence-electron chi connectivity index (χ2n) is 6.86. The summed E-state index contributed by atoms with van der Waals surface area (Å²) in [6.07, 6.45) is 3.78. The Kier molecular flexibility index (Phi) is 6.51. The molecule has 2 atom stereocenters. The van der Waals surface area contributed by atoms with Crippen molar-refractivity contribution in [1.29, 1.82) is 5.26 Å². The van der Waals surface area contributed by atoms with E-state index in [1.165, 1.54) is 19.3 Å². The molecular formula is C22H27N3O. The lowest BCUT2D eigenvalue weighted by Gasteiger charge is -2.32. The molecular weight excluding hydrogens is 322 g/mol. The van der Waals surface area contributed by atoms with E-state index in [4.69, 9.17) is 4.74 Å². The van der Waals surface area contributed by atoms with Crippen molar-refractivity contribution in [2.24, 2.45) is 5.92 Å². The number of hydrogen-bond donors (Lipinski definition) is 1. The minimum atomic E-state index is -0.113. The van der Waals surface area contributed by atoms with Crippen LogP contribution in [0.3, 0.4) is 0 Å². The first kappa shape index (κ1) is 18.3. The number of methoxy groups -OCH3 is 1. The van der Waals surface area contributed by atoms with Crippen LogP contribution in [0.15, 0.2) is 54.6 Å². The summed E-state index contributed by atoms with van der Waals surface area (Å²) in [5, 5.41) is 13.5. The Morgan fingerprint density at radius 1 is 1.04 bits per heavy atom. The molecule has 1 aliphatic rings. The summed E-state index contributed by atoms with van der Waals surface area (Å²) < 4.78 is 5.24. The molecule has 2 aromatic carbocycles. The highest BCUT2D eigenvalue weighted by molar-refractivity contribution is 5.49. The van der Waals surface area contributed by atoms with Gasteiger partial charge in [0.25, 0.3) is 0 Å². The number of piperidine rings is 1. The van der Waals surface area contributed by atoms with Gasteiger partial charge in [-0.1, -0.05) is 36.8 Å². The normalized spacial score (nSPS) is 17.1. The molecule has 136 valence electrons. The van der Waals surface area contributed by atoms with Crippen molar-refractivity contribution in [2.75, 3.05) is 32.1 Å². The molecule has 0 unspecified atom stereocenters. The fourth-order valence-electron chi connectivity index (χ4n) is 3.58. The van der Waals surface area contributed by atoms with Crippen LogP contribution < -0.4 is 10.1 Å². The highest BCUT2D eigenvalue weighted by Gasteiger charge is 2.26. The molecule has 4 nitrogen and oxygen atoms in total. The fourth-order valence-corrected chi connectivity index (χ4v) is 3.58. The van der Waals surface area contributed by atoms with Gasteiger partial charge in [-0.05, 0) is 55.8 Å². The Morgan fingerprint density at radius 3 is 2.35 bits per heavy atom. The molecule has 0 spiro atoms. The van der Waals surface area contributed by atoms with Gasteiger partial charge in [-0.2, -0.15) is 5.26 Å². The lowest BCUT2D eigenvalue weighted by molar-refractivity contribution is 0.204. The van der Waals surface area contributed by atoms with E-state index in [9.17, 15) is 5.26 Å². The van der Waals surface area contributed by atoms with Crippen LogP contribution in [0.5, 0.6) is 5.75 Å². The number of nitrogens with zero attached hydrogens (tertiary/aromatic N) is 2. The molecule has 1 saturated heterocycles. The Morgan fingerprint density at radius 2 is 1.73 bits per heavy atom. The maximum atomic E-state index is 9.91. The molecule has 1 fully saturated rings. The number of nitriles is 1. The molecule has 1 N–H and O–H groups in total. The first-order chi connectivity index (χ1) is 12.8. The van der Waals surface area contributed by atoms with E-state index in [-0.39, 0.29) is 12.0 Å². The van der Waals surface area contributed by atoms with Gasteiger partial charge in [0.15, 0.2) is 0 Å². The lowest BCUT2D eigenvalue weighted by Crippen LogP contribution is -2.37. The van der Waals surface area contributed by atoms with Gasteiger partial charge in [-0.15, -0.1) is 0 Å². The molecule has 2 aromatic rings. The third-order valence-corrected chi connectivity index (χ3v) is 5.04. The highest BCUT2D eigenvalue weighted by Crippen LogP contribution is 2.29. The molecule has 0 amide bonds. The van der Waals surface area contributed by atoms with Crippen LogP contribution in [0, 0.1) is 17.2 Å². The summed E-state index contributed by atoms with van der Waals surface area (Å²) in [6.45, 7) is 3.00. The zero-order chi connectivity index (χ0) is 18.2. The number of hydrogen-bond acceptors (Lipinski definition) is 4. The quantitative estimate of drug-likeness (QED) is 0.801. The van der Waals surface area contributed by atoms with Gasteiger partial charge in [0, 0.05) is 12.2 Å².